The summed E-state index contributed by atoms with van der Waals surface area (Å²) in [5.41, 5.74) is 2.85. The van der Waals surface area contributed by atoms with E-state index in [2.05, 4.69) is 16.4 Å². The van der Waals surface area contributed by atoms with Crippen LogP contribution in [0.2, 0.25) is 0 Å². The monoisotopic (exact) mass is 406 g/mol. The maximum atomic E-state index is 13.5. The smallest absolute Gasteiger partial charge is 0.247 e. The van der Waals surface area contributed by atoms with Crippen LogP contribution in [0, 0.1) is 0 Å². The van der Waals surface area contributed by atoms with Crippen LogP contribution in [-0.4, -0.2) is 52.7 Å². The number of fused-ring (bicyclic) bond motifs is 1. The van der Waals surface area contributed by atoms with Crippen LogP contribution in [0.25, 0.3) is 11.0 Å². The molecule has 0 unspecified atom stereocenters. The van der Waals surface area contributed by atoms with Crippen LogP contribution in [0.3, 0.4) is 0 Å². The van der Waals surface area contributed by atoms with Crippen molar-refractivity contribution in [2.24, 2.45) is 0 Å². The molecule has 1 fully saturated rings. The van der Waals surface area contributed by atoms with Gasteiger partial charge in [0.05, 0.1) is 30.3 Å². The standard InChI is InChI=1S/C24H30N4O2/c1-18(2)28(20-9-5-4-6-10-20)23(29)17-27-22-12-8-7-11-21(22)25-24(27)19(3)26-13-15-30-16-14-26/h4-12,18-19H,13-17H2,1-3H3/t19-/m0/s1. The van der Waals surface area contributed by atoms with E-state index in [4.69, 9.17) is 9.72 Å². The molecule has 2 aromatic carbocycles. The first-order valence-electron chi connectivity index (χ1n) is 10.7. The Hall–Kier alpha value is -2.70. The molecule has 0 saturated carbocycles. The minimum atomic E-state index is 0.0646. The number of hydrogen-bond acceptors (Lipinski definition) is 4. The minimum Gasteiger partial charge on any atom is -0.379 e. The lowest BCUT2D eigenvalue weighted by atomic mass is 10.2. The molecule has 1 saturated heterocycles. The Morgan fingerprint density at radius 2 is 1.70 bits per heavy atom. The number of carbonyl (C=O) groups is 1. The highest BCUT2D eigenvalue weighted by atomic mass is 16.5. The van der Waals surface area contributed by atoms with Gasteiger partial charge in [0.25, 0.3) is 0 Å². The summed E-state index contributed by atoms with van der Waals surface area (Å²) in [5.74, 6) is 0.998. The van der Waals surface area contributed by atoms with E-state index >= 15 is 0 Å². The summed E-state index contributed by atoms with van der Waals surface area (Å²) in [6.07, 6.45) is 0. The molecular weight excluding hydrogens is 376 g/mol. The van der Waals surface area contributed by atoms with Gasteiger partial charge < -0.3 is 14.2 Å². The molecule has 4 rings (SSSR count). The number of amides is 1. The fourth-order valence-corrected chi connectivity index (χ4v) is 4.24. The molecule has 1 aliphatic heterocycles. The normalized spacial score (nSPS) is 16.1. The van der Waals surface area contributed by atoms with Crippen molar-refractivity contribution in [2.75, 3.05) is 31.2 Å². The minimum absolute atomic E-state index is 0.0646. The maximum Gasteiger partial charge on any atom is 0.247 e. The number of rotatable bonds is 6. The summed E-state index contributed by atoms with van der Waals surface area (Å²) in [4.78, 5) is 22.7. The van der Waals surface area contributed by atoms with Gasteiger partial charge in [-0.3, -0.25) is 9.69 Å². The zero-order valence-corrected chi connectivity index (χ0v) is 18.0. The van der Waals surface area contributed by atoms with E-state index in [-0.39, 0.29) is 24.5 Å². The van der Waals surface area contributed by atoms with Crippen LogP contribution < -0.4 is 4.90 Å². The molecular formula is C24H30N4O2. The van der Waals surface area contributed by atoms with Crippen molar-refractivity contribution in [3.8, 4) is 0 Å². The number of benzene rings is 2. The summed E-state index contributed by atoms with van der Waals surface area (Å²) >= 11 is 0. The first-order chi connectivity index (χ1) is 14.6. The van der Waals surface area contributed by atoms with Gasteiger partial charge in [-0.05, 0) is 45.0 Å². The van der Waals surface area contributed by atoms with Crippen LogP contribution in [0.15, 0.2) is 54.6 Å². The summed E-state index contributed by atoms with van der Waals surface area (Å²) in [7, 11) is 0. The van der Waals surface area contributed by atoms with Crippen LogP contribution in [0.5, 0.6) is 0 Å². The highest BCUT2D eigenvalue weighted by molar-refractivity contribution is 5.94. The van der Waals surface area contributed by atoms with Gasteiger partial charge in [0.2, 0.25) is 5.91 Å². The molecule has 0 spiro atoms. The highest BCUT2D eigenvalue weighted by Gasteiger charge is 2.27. The Morgan fingerprint density at radius 3 is 2.40 bits per heavy atom. The van der Waals surface area contributed by atoms with Crippen LogP contribution >= 0.6 is 0 Å². The zero-order valence-electron chi connectivity index (χ0n) is 18.0. The second-order valence-electron chi connectivity index (χ2n) is 8.06. The predicted octanol–water partition coefficient (Wildman–Crippen LogP) is 3.87. The third-order valence-electron chi connectivity index (χ3n) is 5.76. The summed E-state index contributed by atoms with van der Waals surface area (Å²) < 4.78 is 7.61. The van der Waals surface area contributed by atoms with Crippen molar-refractivity contribution in [1.82, 2.24) is 14.5 Å². The summed E-state index contributed by atoms with van der Waals surface area (Å²) in [6, 6.07) is 18.1. The van der Waals surface area contributed by atoms with E-state index in [9.17, 15) is 4.79 Å². The first kappa shape index (κ1) is 20.6. The Kier molecular flexibility index (Phi) is 6.16. The topological polar surface area (TPSA) is 50.6 Å². The zero-order chi connectivity index (χ0) is 21.1. The molecule has 1 aromatic heterocycles. The molecule has 30 heavy (non-hydrogen) atoms. The van der Waals surface area contributed by atoms with Gasteiger partial charge in [0.15, 0.2) is 0 Å². The van der Waals surface area contributed by atoms with E-state index < -0.39 is 0 Å². The SMILES string of the molecule is CC(C)N(C(=O)Cn1c([C@H](C)N2CCOCC2)nc2ccccc21)c1ccccc1. The molecule has 1 aliphatic rings. The molecule has 0 N–H and O–H groups in total. The van der Waals surface area contributed by atoms with E-state index in [0.717, 1.165) is 48.8 Å². The average Bonchev–Trinajstić information content (AvgIpc) is 3.13. The predicted molar refractivity (Wildman–Crippen MR) is 120 cm³/mol. The number of anilines is 1. The lowest BCUT2D eigenvalue weighted by molar-refractivity contribution is -0.119. The molecule has 6 heteroatoms. The van der Waals surface area contributed by atoms with Crippen molar-refractivity contribution >= 4 is 22.6 Å². The number of morpholine rings is 1. The van der Waals surface area contributed by atoms with Crippen molar-refractivity contribution in [3.63, 3.8) is 0 Å². The molecule has 158 valence electrons. The van der Waals surface area contributed by atoms with E-state index in [1.807, 2.05) is 73.3 Å². The van der Waals surface area contributed by atoms with Crippen molar-refractivity contribution in [3.05, 3.63) is 60.4 Å². The quantitative estimate of drug-likeness (QED) is 0.624. The summed E-state index contributed by atoms with van der Waals surface area (Å²) in [6.45, 7) is 9.75. The van der Waals surface area contributed by atoms with Crippen LogP contribution in [0.4, 0.5) is 5.69 Å². The maximum absolute atomic E-state index is 13.5. The number of hydrogen-bond donors (Lipinski definition) is 0. The van der Waals surface area contributed by atoms with Crippen molar-refractivity contribution < 1.29 is 9.53 Å². The van der Waals surface area contributed by atoms with Gasteiger partial charge in [0, 0.05) is 24.8 Å². The van der Waals surface area contributed by atoms with Gasteiger partial charge in [-0.1, -0.05) is 30.3 Å². The third kappa shape index (κ3) is 4.11. The molecule has 2 heterocycles. The fourth-order valence-electron chi connectivity index (χ4n) is 4.24. The van der Waals surface area contributed by atoms with Gasteiger partial charge in [-0.15, -0.1) is 0 Å². The number of para-hydroxylation sites is 3. The Labute approximate surface area is 178 Å². The van der Waals surface area contributed by atoms with E-state index in [0.29, 0.717) is 0 Å². The number of nitrogens with zero attached hydrogens (tertiary/aromatic N) is 4. The molecule has 3 aromatic rings. The lowest BCUT2D eigenvalue weighted by Gasteiger charge is -2.32. The van der Waals surface area contributed by atoms with Crippen molar-refractivity contribution in [1.29, 1.82) is 0 Å². The number of aromatic nitrogens is 2. The highest BCUT2D eigenvalue weighted by Crippen LogP contribution is 2.26. The molecule has 1 amide bonds. The van der Waals surface area contributed by atoms with Gasteiger partial charge in [-0.2, -0.15) is 0 Å². The van der Waals surface area contributed by atoms with Crippen LogP contribution in [0.1, 0.15) is 32.6 Å². The fraction of sp³-hybridized carbons (Fsp3) is 0.417. The number of carbonyl (C=O) groups excluding carboxylic acids is 1. The Balaban J connectivity index is 1.69. The molecule has 1 atom stereocenters. The molecule has 0 aliphatic carbocycles. The van der Waals surface area contributed by atoms with Gasteiger partial charge in [-0.25, -0.2) is 4.98 Å². The average molecular weight is 407 g/mol. The van der Waals surface area contributed by atoms with Crippen molar-refractivity contribution in [2.45, 2.75) is 39.4 Å². The first-order valence-corrected chi connectivity index (χ1v) is 10.7. The molecule has 6 nitrogen and oxygen atoms in total. The Bertz CT molecular complexity index is 993. The number of imidazole rings is 1. The molecule has 0 bridgehead atoms. The molecule has 0 radical (unpaired) electrons. The second kappa shape index (κ2) is 8.98. The van der Waals surface area contributed by atoms with E-state index in [1.54, 1.807) is 0 Å². The second-order valence-corrected chi connectivity index (χ2v) is 8.06. The largest absolute Gasteiger partial charge is 0.379 e. The van der Waals surface area contributed by atoms with Crippen LogP contribution in [-0.2, 0) is 16.1 Å². The van der Waals surface area contributed by atoms with Gasteiger partial charge in [0.1, 0.15) is 12.4 Å². The van der Waals surface area contributed by atoms with E-state index in [1.165, 1.54) is 0 Å². The summed E-state index contributed by atoms with van der Waals surface area (Å²) in [5, 5.41) is 0. The third-order valence-corrected chi connectivity index (χ3v) is 5.76. The Morgan fingerprint density at radius 1 is 1.03 bits per heavy atom. The van der Waals surface area contributed by atoms with Gasteiger partial charge >= 0.3 is 0 Å². The number of ether oxygens (including phenoxy) is 1. The lowest BCUT2D eigenvalue weighted by Crippen LogP contribution is -2.41.